The number of anilines is 2. The van der Waals surface area contributed by atoms with E-state index in [1.54, 1.807) is 12.4 Å². The molecule has 1 aromatic rings. The van der Waals surface area contributed by atoms with Gasteiger partial charge in [0, 0.05) is 13.1 Å². The van der Waals surface area contributed by atoms with Gasteiger partial charge in [0.2, 0.25) is 5.95 Å². The van der Waals surface area contributed by atoms with E-state index in [0.29, 0.717) is 11.7 Å². The molecule has 13 heavy (non-hydrogen) atoms. The summed E-state index contributed by atoms with van der Waals surface area (Å²) in [5, 5.41) is 0. The zero-order valence-corrected chi connectivity index (χ0v) is 7.77. The van der Waals surface area contributed by atoms with Gasteiger partial charge < -0.3 is 10.6 Å². The lowest BCUT2D eigenvalue weighted by Gasteiger charge is -2.34. The minimum absolute atomic E-state index is 0.616. The van der Waals surface area contributed by atoms with Crippen molar-refractivity contribution in [2.24, 2.45) is 0 Å². The fourth-order valence-corrected chi connectivity index (χ4v) is 1.45. The van der Waals surface area contributed by atoms with E-state index in [9.17, 15) is 0 Å². The fourth-order valence-electron chi connectivity index (χ4n) is 1.45. The highest BCUT2D eigenvalue weighted by molar-refractivity contribution is 5.38. The van der Waals surface area contributed by atoms with Gasteiger partial charge in [0.15, 0.2) is 0 Å². The first-order chi connectivity index (χ1) is 6.27. The SMILES string of the molecule is CN(c1ncc(N)cn1)C1CCC1. The molecule has 70 valence electrons. The summed E-state index contributed by atoms with van der Waals surface area (Å²) in [4.78, 5) is 10.5. The Bertz CT molecular complexity index is 278. The summed E-state index contributed by atoms with van der Waals surface area (Å²) < 4.78 is 0. The molecule has 1 heterocycles. The lowest BCUT2D eigenvalue weighted by Crippen LogP contribution is -2.38. The predicted molar refractivity (Wildman–Crippen MR) is 52.5 cm³/mol. The van der Waals surface area contributed by atoms with Gasteiger partial charge in [0.05, 0.1) is 18.1 Å². The molecule has 0 atom stereocenters. The molecule has 1 aromatic heterocycles. The Balaban J connectivity index is 2.10. The molecule has 0 bridgehead atoms. The molecule has 0 aliphatic heterocycles. The molecule has 0 spiro atoms. The number of nitrogens with two attached hydrogens (primary N) is 1. The van der Waals surface area contributed by atoms with Crippen LogP contribution in [-0.4, -0.2) is 23.1 Å². The Labute approximate surface area is 77.8 Å². The standard InChI is InChI=1S/C9H14N4/c1-13(8-3-2-4-8)9-11-5-7(10)6-12-9/h5-6,8H,2-4,10H2,1H3. The van der Waals surface area contributed by atoms with Crippen molar-refractivity contribution >= 4 is 11.6 Å². The summed E-state index contributed by atoms with van der Waals surface area (Å²) in [6.07, 6.45) is 7.13. The molecule has 1 aliphatic carbocycles. The third-order valence-corrected chi connectivity index (χ3v) is 2.60. The minimum Gasteiger partial charge on any atom is -0.396 e. The summed E-state index contributed by atoms with van der Waals surface area (Å²) in [5.41, 5.74) is 6.12. The van der Waals surface area contributed by atoms with Gasteiger partial charge in [0.1, 0.15) is 0 Å². The highest BCUT2D eigenvalue weighted by atomic mass is 15.3. The van der Waals surface area contributed by atoms with Crippen LogP contribution in [0.1, 0.15) is 19.3 Å². The van der Waals surface area contributed by atoms with Crippen LogP contribution in [0.4, 0.5) is 11.6 Å². The molecule has 1 aliphatic rings. The molecule has 0 saturated heterocycles. The van der Waals surface area contributed by atoms with E-state index in [2.05, 4.69) is 14.9 Å². The highest BCUT2D eigenvalue weighted by Crippen LogP contribution is 2.25. The number of nitrogens with zero attached hydrogens (tertiary/aromatic N) is 3. The first-order valence-electron chi connectivity index (χ1n) is 4.58. The van der Waals surface area contributed by atoms with E-state index < -0.39 is 0 Å². The molecule has 0 unspecified atom stereocenters. The molecule has 1 saturated carbocycles. The molecular weight excluding hydrogens is 164 g/mol. The van der Waals surface area contributed by atoms with Crippen molar-refractivity contribution in [2.45, 2.75) is 25.3 Å². The average molecular weight is 178 g/mol. The third kappa shape index (κ3) is 1.56. The van der Waals surface area contributed by atoms with Crippen molar-refractivity contribution in [2.75, 3.05) is 17.7 Å². The van der Waals surface area contributed by atoms with Gasteiger partial charge in [-0.05, 0) is 19.3 Å². The second-order valence-corrected chi connectivity index (χ2v) is 3.51. The van der Waals surface area contributed by atoms with Crippen LogP contribution in [-0.2, 0) is 0 Å². The van der Waals surface area contributed by atoms with Crippen molar-refractivity contribution < 1.29 is 0 Å². The van der Waals surface area contributed by atoms with Crippen molar-refractivity contribution in [1.82, 2.24) is 9.97 Å². The number of hydrogen-bond acceptors (Lipinski definition) is 4. The van der Waals surface area contributed by atoms with Crippen LogP contribution in [0.15, 0.2) is 12.4 Å². The van der Waals surface area contributed by atoms with E-state index >= 15 is 0 Å². The van der Waals surface area contributed by atoms with E-state index in [4.69, 9.17) is 5.73 Å². The van der Waals surface area contributed by atoms with E-state index in [-0.39, 0.29) is 0 Å². The molecule has 4 nitrogen and oxygen atoms in total. The van der Waals surface area contributed by atoms with Gasteiger partial charge >= 0.3 is 0 Å². The topological polar surface area (TPSA) is 55.0 Å². The number of aromatic nitrogens is 2. The van der Waals surface area contributed by atoms with Crippen LogP contribution >= 0.6 is 0 Å². The second kappa shape index (κ2) is 3.20. The Hall–Kier alpha value is -1.32. The van der Waals surface area contributed by atoms with Gasteiger partial charge in [0.25, 0.3) is 0 Å². The Kier molecular flexibility index (Phi) is 2.04. The van der Waals surface area contributed by atoms with Gasteiger partial charge in [-0.1, -0.05) is 0 Å². The lowest BCUT2D eigenvalue weighted by atomic mass is 9.92. The predicted octanol–water partition coefficient (Wildman–Crippen LogP) is 1.05. The molecular formula is C9H14N4. The van der Waals surface area contributed by atoms with Crippen molar-refractivity contribution in [3.63, 3.8) is 0 Å². The van der Waals surface area contributed by atoms with Gasteiger partial charge in [-0.3, -0.25) is 0 Å². The third-order valence-electron chi connectivity index (χ3n) is 2.60. The summed E-state index contributed by atoms with van der Waals surface area (Å²) in [6, 6.07) is 0.628. The zero-order chi connectivity index (χ0) is 9.26. The average Bonchev–Trinajstić information content (AvgIpc) is 2.02. The Morgan fingerprint density at radius 3 is 2.46 bits per heavy atom. The van der Waals surface area contributed by atoms with Gasteiger partial charge in [-0.2, -0.15) is 0 Å². The Morgan fingerprint density at radius 2 is 2.00 bits per heavy atom. The molecule has 0 aromatic carbocycles. The summed E-state index contributed by atoms with van der Waals surface area (Å²) in [7, 11) is 2.04. The van der Waals surface area contributed by atoms with Crippen LogP contribution in [0.5, 0.6) is 0 Å². The van der Waals surface area contributed by atoms with Crippen LogP contribution in [0.25, 0.3) is 0 Å². The molecule has 0 amide bonds. The zero-order valence-electron chi connectivity index (χ0n) is 7.77. The summed E-state index contributed by atoms with van der Waals surface area (Å²) in [5.74, 6) is 0.777. The summed E-state index contributed by atoms with van der Waals surface area (Å²) in [6.45, 7) is 0. The quantitative estimate of drug-likeness (QED) is 0.735. The molecule has 2 N–H and O–H groups in total. The number of rotatable bonds is 2. The maximum absolute atomic E-state index is 5.51. The highest BCUT2D eigenvalue weighted by Gasteiger charge is 2.23. The van der Waals surface area contributed by atoms with Crippen LogP contribution in [0.2, 0.25) is 0 Å². The summed E-state index contributed by atoms with van der Waals surface area (Å²) >= 11 is 0. The van der Waals surface area contributed by atoms with Crippen molar-refractivity contribution in [1.29, 1.82) is 0 Å². The lowest BCUT2D eigenvalue weighted by molar-refractivity contribution is 0.397. The van der Waals surface area contributed by atoms with Crippen LogP contribution in [0, 0.1) is 0 Å². The molecule has 1 fully saturated rings. The largest absolute Gasteiger partial charge is 0.396 e. The monoisotopic (exact) mass is 178 g/mol. The molecule has 2 rings (SSSR count). The van der Waals surface area contributed by atoms with Crippen molar-refractivity contribution in [3.8, 4) is 0 Å². The number of nitrogen functional groups attached to an aromatic ring is 1. The normalized spacial score (nSPS) is 16.7. The van der Waals surface area contributed by atoms with Crippen LogP contribution in [0.3, 0.4) is 0 Å². The van der Waals surface area contributed by atoms with Gasteiger partial charge in [-0.15, -0.1) is 0 Å². The Morgan fingerprint density at radius 1 is 1.38 bits per heavy atom. The minimum atomic E-state index is 0.616. The van der Waals surface area contributed by atoms with Gasteiger partial charge in [-0.25, -0.2) is 9.97 Å². The van der Waals surface area contributed by atoms with E-state index in [0.717, 1.165) is 5.95 Å². The second-order valence-electron chi connectivity index (χ2n) is 3.51. The smallest absolute Gasteiger partial charge is 0.225 e. The van der Waals surface area contributed by atoms with Crippen molar-refractivity contribution in [3.05, 3.63) is 12.4 Å². The first kappa shape index (κ1) is 8.29. The first-order valence-corrected chi connectivity index (χ1v) is 4.58. The molecule has 0 radical (unpaired) electrons. The molecule has 4 heteroatoms. The fraction of sp³-hybridized carbons (Fsp3) is 0.556. The van der Waals surface area contributed by atoms with Crippen LogP contribution < -0.4 is 10.6 Å². The van der Waals surface area contributed by atoms with E-state index in [1.807, 2.05) is 7.05 Å². The maximum Gasteiger partial charge on any atom is 0.225 e. The maximum atomic E-state index is 5.51. The number of hydrogen-bond donors (Lipinski definition) is 1. The van der Waals surface area contributed by atoms with E-state index in [1.165, 1.54) is 19.3 Å².